The van der Waals surface area contributed by atoms with Crippen LogP contribution in [0.1, 0.15) is 30.0 Å². The maximum Gasteiger partial charge on any atom is 0.306 e. The molecule has 0 radical (unpaired) electrons. The van der Waals surface area contributed by atoms with E-state index in [4.69, 9.17) is 10.8 Å². The van der Waals surface area contributed by atoms with Crippen molar-refractivity contribution in [2.45, 2.75) is 32.6 Å². The van der Waals surface area contributed by atoms with Crippen LogP contribution >= 0.6 is 11.3 Å². The van der Waals surface area contributed by atoms with E-state index in [0.717, 1.165) is 23.5 Å². The fraction of sp³-hybridized carbons (Fsp3) is 0.636. The van der Waals surface area contributed by atoms with Gasteiger partial charge < -0.3 is 10.8 Å². The third-order valence-corrected chi connectivity index (χ3v) is 3.30. The number of aliphatic carboxylic acids is 1. The summed E-state index contributed by atoms with van der Waals surface area (Å²) in [5.41, 5.74) is 6.28. The average molecular weight is 242 g/mol. The van der Waals surface area contributed by atoms with E-state index in [0.29, 0.717) is 19.4 Å². The molecule has 0 bridgehead atoms. The number of rotatable bonds is 7. The summed E-state index contributed by atoms with van der Waals surface area (Å²) in [5, 5.41) is 12.0. The number of nitrogens with zero attached hydrogens (tertiary/aromatic N) is 1. The van der Waals surface area contributed by atoms with Gasteiger partial charge in [0.25, 0.3) is 0 Å². The van der Waals surface area contributed by atoms with Crippen LogP contribution in [0.25, 0.3) is 0 Å². The lowest BCUT2D eigenvalue weighted by molar-refractivity contribution is -0.142. The third-order valence-electron chi connectivity index (χ3n) is 2.48. The van der Waals surface area contributed by atoms with Crippen molar-refractivity contribution < 1.29 is 9.90 Å². The SMILES string of the molecule is Cc1nc(CC(CCCCN)C(=O)O)cs1. The summed E-state index contributed by atoms with van der Waals surface area (Å²) >= 11 is 1.56. The molecule has 4 nitrogen and oxygen atoms in total. The van der Waals surface area contributed by atoms with Crippen LogP contribution in [-0.2, 0) is 11.2 Å². The second-order valence-electron chi connectivity index (χ2n) is 3.88. The molecule has 5 heteroatoms. The van der Waals surface area contributed by atoms with Gasteiger partial charge in [-0.1, -0.05) is 6.42 Å². The molecule has 3 N–H and O–H groups in total. The minimum absolute atomic E-state index is 0.326. The highest BCUT2D eigenvalue weighted by Crippen LogP contribution is 2.17. The van der Waals surface area contributed by atoms with Gasteiger partial charge in [-0.25, -0.2) is 4.98 Å². The largest absolute Gasteiger partial charge is 0.481 e. The molecule has 1 aromatic heterocycles. The van der Waals surface area contributed by atoms with Crippen molar-refractivity contribution in [2.75, 3.05) is 6.54 Å². The molecule has 1 atom stereocenters. The lowest BCUT2D eigenvalue weighted by atomic mass is 9.97. The van der Waals surface area contributed by atoms with E-state index in [1.807, 2.05) is 12.3 Å². The van der Waals surface area contributed by atoms with Crippen LogP contribution in [0.3, 0.4) is 0 Å². The fourth-order valence-corrected chi connectivity index (χ4v) is 2.23. The third kappa shape index (κ3) is 4.28. The number of unbranched alkanes of at least 4 members (excludes halogenated alkanes) is 1. The second-order valence-corrected chi connectivity index (χ2v) is 4.94. The van der Waals surface area contributed by atoms with Gasteiger partial charge in [-0.3, -0.25) is 4.79 Å². The molecule has 1 aromatic rings. The number of nitrogens with two attached hydrogens (primary N) is 1. The van der Waals surface area contributed by atoms with E-state index in [2.05, 4.69) is 4.98 Å². The Balaban J connectivity index is 2.47. The maximum atomic E-state index is 11.0. The average Bonchev–Trinajstić information content (AvgIpc) is 2.63. The Labute approximate surface area is 99.5 Å². The monoisotopic (exact) mass is 242 g/mol. The van der Waals surface area contributed by atoms with Gasteiger partial charge in [0.05, 0.1) is 16.6 Å². The molecular formula is C11H18N2O2S. The molecule has 1 rings (SSSR count). The summed E-state index contributed by atoms with van der Waals surface area (Å²) < 4.78 is 0. The lowest BCUT2D eigenvalue weighted by Crippen LogP contribution is -2.17. The van der Waals surface area contributed by atoms with Crippen molar-refractivity contribution in [1.82, 2.24) is 4.98 Å². The predicted octanol–water partition coefficient (Wildman–Crippen LogP) is 1.82. The molecule has 90 valence electrons. The van der Waals surface area contributed by atoms with E-state index in [-0.39, 0.29) is 5.92 Å². The number of hydrogen-bond acceptors (Lipinski definition) is 4. The number of aryl methyl sites for hydroxylation is 1. The van der Waals surface area contributed by atoms with Gasteiger partial charge in [0.2, 0.25) is 0 Å². The topological polar surface area (TPSA) is 76.2 Å². The molecule has 0 aromatic carbocycles. The van der Waals surface area contributed by atoms with Crippen molar-refractivity contribution in [3.63, 3.8) is 0 Å². The highest BCUT2D eigenvalue weighted by atomic mass is 32.1. The summed E-state index contributed by atoms with van der Waals surface area (Å²) in [4.78, 5) is 15.3. The molecule has 0 amide bonds. The first kappa shape index (κ1) is 13.1. The van der Waals surface area contributed by atoms with Crippen LogP contribution < -0.4 is 5.73 Å². The first-order chi connectivity index (χ1) is 7.63. The number of thiazole rings is 1. The number of carboxylic acids is 1. The minimum Gasteiger partial charge on any atom is -0.481 e. The molecular weight excluding hydrogens is 224 g/mol. The van der Waals surface area contributed by atoms with Crippen molar-refractivity contribution >= 4 is 17.3 Å². The Bertz CT molecular complexity index is 338. The Morgan fingerprint density at radius 1 is 1.62 bits per heavy atom. The maximum absolute atomic E-state index is 11.0. The smallest absolute Gasteiger partial charge is 0.306 e. The van der Waals surface area contributed by atoms with Crippen LogP contribution in [0.4, 0.5) is 0 Å². The van der Waals surface area contributed by atoms with Crippen molar-refractivity contribution in [1.29, 1.82) is 0 Å². The Hall–Kier alpha value is -0.940. The molecule has 16 heavy (non-hydrogen) atoms. The van der Waals surface area contributed by atoms with Gasteiger partial charge in [0.15, 0.2) is 0 Å². The molecule has 0 spiro atoms. The van der Waals surface area contributed by atoms with Crippen molar-refractivity contribution in [3.05, 3.63) is 16.1 Å². The highest BCUT2D eigenvalue weighted by molar-refractivity contribution is 7.09. The van der Waals surface area contributed by atoms with Gasteiger partial charge in [-0.05, 0) is 26.3 Å². The van der Waals surface area contributed by atoms with Gasteiger partial charge in [0, 0.05) is 11.8 Å². The first-order valence-electron chi connectivity index (χ1n) is 5.47. The van der Waals surface area contributed by atoms with Gasteiger partial charge in [0.1, 0.15) is 0 Å². The van der Waals surface area contributed by atoms with E-state index in [9.17, 15) is 4.79 Å². The molecule has 0 aliphatic rings. The summed E-state index contributed by atoms with van der Waals surface area (Å²) in [6, 6.07) is 0. The van der Waals surface area contributed by atoms with Crippen LogP contribution in [0.5, 0.6) is 0 Å². The van der Waals surface area contributed by atoms with E-state index in [1.54, 1.807) is 11.3 Å². The molecule has 1 unspecified atom stereocenters. The van der Waals surface area contributed by atoms with Gasteiger partial charge >= 0.3 is 5.97 Å². The zero-order chi connectivity index (χ0) is 12.0. The number of carbonyl (C=O) groups is 1. The Morgan fingerprint density at radius 3 is 2.88 bits per heavy atom. The van der Waals surface area contributed by atoms with Gasteiger partial charge in [-0.2, -0.15) is 0 Å². The fourth-order valence-electron chi connectivity index (χ4n) is 1.60. The Morgan fingerprint density at radius 2 is 2.38 bits per heavy atom. The molecule has 1 heterocycles. The minimum atomic E-state index is -0.734. The second kappa shape index (κ2) is 6.60. The number of hydrogen-bond donors (Lipinski definition) is 2. The zero-order valence-corrected chi connectivity index (χ0v) is 10.3. The van der Waals surface area contributed by atoms with Crippen LogP contribution in [0.15, 0.2) is 5.38 Å². The van der Waals surface area contributed by atoms with Crippen molar-refractivity contribution in [2.24, 2.45) is 11.7 Å². The normalized spacial score (nSPS) is 12.6. The van der Waals surface area contributed by atoms with Crippen LogP contribution in [-0.4, -0.2) is 22.6 Å². The predicted molar refractivity (Wildman–Crippen MR) is 64.6 cm³/mol. The standard InChI is InChI=1S/C11H18N2O2S/c1-8-13-10(7-16-8)6-9(11(14)15)4-2-3-5-12/h7,9H,2-6,12H2,1H3,(H,14,15). The summed E-state index contributed by atoms with van der Waals surface area (Å²) in [7, 11) is 0. The number of aromatic nitrogens is 1. The molecule has 0 fully saturated rings. The van der Waals surface area contributed by atoms with Crippen molar-refractivity contribution in [3.8, 4) is 0 Å². The molecule has 0 aliphatic carbocycles. The van der Waals surface area contributed by atoms with E-state index >= 15 is 0 Å². The number of carboxylic acid groups (broad SMARTS) is 1. The van der Waals surface area contributed by atoms with Crippen LogP contribution in [0, 0.1) is 12.8 Å². The van der Waals surface area contributed by atoms with Crippen LogP contribution in [0.2, 0.25) is 0 Å². The molecule has 0 saturated carbocycles. The molecule has 0 saturated heterocycles. The summed E-state index contributed by atoms with van der Waals surface area (Å²) in [6.45, 7) is 2.56. The lowest BCUT2D eigenvalue weighted by Gasteiger charge is -2.09. The summed E-state index contributed by atoms with van der Waals surface area (Å²) in [6.07, 6.45) is 2.98. The quantitative estimate of drug-likeness (QED) is 0.715. The Kier molecular flexibility index (Phi) is 5.42. The zero-order valence-electron chi connectivity index (χ0n) is 9.48. The summed E-state index contributed by atoms with van der Waals surface area (Å²) in [5.74, 6) is -1.06. The molecule has 0 aliphatic heterocycles. The van der Waals surface area contributed by atoms with Gasteiger partial charge in [-0.15, -0.1) is 11.3 Å². The van der Waals surface area contributed by atoms with E-state index < -0.39 is 5.97 Å². The highest BCUT2D eigenvalue weighted by Gasteiger charge is 2.18. The van der Waals surface area contributed by atoms with E-state index in [1.165, 1.54) is 0 Å². The first-order valence-corrected chi connectivity index (χ1v) is 6.35.